The Hall–Kier alpha value is -0.570. The highest BCUT2D eigenvalue weighted by Gasteiger charge is 2.37. The van der Waals surface area contributed by atoms with Gasteiger partial charge in [0.1, 0.15) is 16.5 Å². The normalized spacial score (nSPS) is 20.9. The average Bonchev–Trinajstić information content (AvgIpc) is 2.75. The lowest BCUT2D eigenvalue weighted by Gasteiger charge is -2.23. The number of aliphatic hydroxyl groups is 1. The zero-order valence-corrected chi connectivity index (χ0v) is 12.2. The second-order valence-corrected chi connectivity index (χ2v) is 6.97. The molecular weight excluding hydrogens is 344 g/mol. The smallest absolute Gasteiger partial charge is 0.247 e. The van der Waals surface area contributed by atoms with E-state index < -0.39 is 32.6 Å². The highest BCUT2D eigenvalue weighted by atomic mass is 79.9. The summed E-state index contributed by atoms with van der Waals surface area (Å²) in [6, 6.07) is 0.878. The minimum atomic E-state index is -4.09. The van der Waals surface area contributed by atoms with Gasteiger partial charge in [-0.1, -0.05) is 0 Å². The summed E-state index contributed by atoms with van der Waals surface area (Å²) in [6.07, 6.45) is 1.13. The number of hydrogen-bond acceptors (Lipinski definition) is 3. The van der Waals surface area contributed by atoms with Crippen LogP contribution < -0.4 is 0 Å². The van der Waals surface area contributed by atoms with Crippen molar-refractivity contribution < 1.29 is 22.3 Å². The van der Waals surface area contributed by atoms with Crippen LogP contribution in [0, 0.1) is 11.6 Å². The van der Waals surface area contributed by atoms with E-state index in [9.17, 15) is 17.2 Å². The van der Waals surface area contributed by atoms with Crippen molar-refractivity contribution >= 4 is 26.0 Å². The molecule has 1 aliphatic heterocycles. The third-order valence-electron chi connectivity index (χ3n) is 3.06. The number of hydrogen-bond donors (Lipinski definition) is 1. The zero-order chi connectivity index (χ0) is 14.2. The van der Waals surface area contributed by atoms with E-state index in [0.717, 1.165) is 10.4 Å². The maximum atomic E-state index is 13.8. The molecule has 0 spiro atoms. The first-order valence-corrected chi connectivity index (χ1v) is 7.88. The molecule has 1 heterocycles. The van der Waals surface area contributed by atoms with Crippen molar-refractivity contribution in [1.29, 1.82) is 0 Å². The van der Waals surface area contributed by atoms with Crippen LogP contribution in [0.1, 0.15) is 12.8 Å². The van der Waals surface area contributed by atoms with Gasteiger partial charge >= 0.3 is 0 Å². The fraction of sp³-hybridized carbons (Fsp3) is 0.455. The molecule has 1 aliphatic rings. The van der Waals surface area contributed by atoms with Gasteiger partial charge in [-0.3, -0.25) is 0 Å². The van der Waals surface area contributed by atoms with Crippen molar-refractivity contribution in [3.05, 3.63) is 28.2 Å². The van der Waals surface area contributed by atoms with Crippen LogP contribution in [0.15, 0.2) is 21.5 Å². The van der Waals surface area contributed by atoms with Gasteiger partial charge in [-0.05, 0) is 34.8 Å². The molecule has 0 radical (unpaired) electrons. The monoisotopic (exact) mass is 355 g/mol. The second-order valence-electron chi connectivity index (χ2n) is 4.29. The van der Waals surface area contributed by atoms with E-state index in [-0.39, 0.29) is 17.6 Å². The van der Waals surface area contributed by atoms with Crippen LogP contribution in [-0.4, -0.2) is 37.0 Å². The van der Waals surface area contributed by atoms with Gasteiger partial charge in [-0.25, -0.2) is 17.2 Å². The predicted molar refractivity (Wildman–Crippen MR) is 68.1 cm³/mol. The molecule has 1 N–H and O–H groups in total. The van der Waals surface area contributed by atoms with Crippen LogP contribution in [0.4, 0.5) is 8.78 Å². The molecule has 0 aliphatic carbocycles. The first-order chi connectivity index (χ1) is 8.87. The topological polar surface area (TPSA) is 57.6 Å². The van der Waals surface area contributed by atoms with Crippen molar-refractivity contribution in [2.75, 3.05) is 13.2 Å². The Labute approximate surface area is 118 Å². The molecule has 106 valence electrons. The van der Waals surface area contributed by atoms with Gasteiger partial charge in [0.2, 0.25) is 10.0 Å². The maximum absolute atomic E-state index is 13.8. The summed E-state index contributed by atoms with van der Waals surface area (Å²) >= 11 is 2.87. The van der Waals surface area contributed by atoms with E-state index in [1.807, 2.05) is 0 Å². The van der Waals surface area contributed by atoms with Crippen molar-refractivity contribution in [1.82, 2.24) is 4.31 Å². The lowest BCUT2D eigenvalue weighted by Crippen LogP contribution is -2.38. The zero-order valence-electron chi connectivity index (χ0n) is 9.81. The van der Waals surface area contributed by atoms with Gasteiger partial charge in [0.05, 0.1) is 6.61 Å². The Kier molecular flexibility index (Phi) is 4.24. The fourth-order valence-corrected chi connectivity index (χ4v) is 5.00. The first-order valence-electron chi connectivity index (χ1n) is 5.65. The van der Waals surface area contributed by atoms with E-state index in [4.69, 9.17) is 5.11 Å². The van der Waals surface area contributed by atoms with E-state index in [2.05, 4.69) is 15.9 Å². The third kappa shape index (κ3) is 2.67. The summed E-state index contributed by atoms with van der Waals surface area (Å²) in [5, 5.41) is 9.16. The number of sulfonamides is 1. The summed E-state index contributed by atoms with van der Waals surface area (Å²) in [5.74, 6) is -2.00. The molecule has 1 aromatic carbocycles. The summed E-state index contributed by atoms with van der Waals surface area (Å²) in [6.45, 7) is -0.101. The number of halogens is 3. The highest BCUT2D eigenvalue weighted by Crippen LogP contribution is 2.32. The van der Waals surface area contributed by atoms with Crippen LogP contribution in [0.5, 0.6) is 0 Å². The molecule has 0 unspecified atom stereocenters. The van der Waals surface area contributed by atoms with Gasteiger partial charge in [0.25, 0.3) is 0 Å². The molecule has 0 aromatic heterocycles. The summed E-state index contributed by atoms with van der Waals surface area (Å²) in [7, 11) is -4.09. The van der Waals surface area contributed by atoms with E-state index in [1.165, 1.54) is 0 Å². The molecule has 4 nitrogen and oxygen atoms in total. The van der Waals surface area contributed by atoms with Crippen molar-refractivity contribution in [3.63, 3.8) is 0 Å². The molecule has 1 aromatic rings. The standard InChI is InChI=1S/C11H12BrF2NO3S/c12-9-4-7(13)5-10(14)11(9)19(17,18)15-3-1-2-8(15)6-16/h4-5,8,16H,1-3,6H2/t8-/m1/s1. The molecule has 1 atom stereocenters. The molecule has 8 heteroatoms. The van der Waals surface area contributed by atoms with Crippen molar-refractivity contribution in [3.8, 4) is 0 Å². The number of aliphatic hydroxyl groups excluding tert-OH is 1. The summed E-state index contributed by atoms with van der Waals surface area (Å²) in [4.78, 5) is -0.589. The minimum absolute atomic E-state index is 0.159. The second kappa shape index (κ2) is 5.43. The van der Waals surface area contributed by atoms with Gasteiger partial charge in [0, 0.05) is 23.1 Å². The van der Waals surface area contributed by atoms with Gasteiger partial charge in [-0.2, -0.15) is 4.31 Å². The Balaban J connectivity index is 2.51. The van der Waals surface area contributed by atoms with Crippen LogP contribution in [0.25, 0.3) is 0 Å². The highest BCUT2D eigenvalue weighted by molar-refractivity contribution is 9.10. The number of rotatable bonds is 3. The molecule has 1 saturated heterocycles. The lowest BCUT2D eigenvalue weighted by atomic mass is 10.2. The quantitative estimate of drug-likeness (QED) is 0.900. The predicted octanol–water partition coefficient (Wildman–Crippen LogP) is 1.87. The SMILES string of the molecule is O=S(=O)(c1c(F)cc(F)cc1Br)N1CCC[C@@H]1CO. The van der Waals surface area contributed by atoms with E-state index >= 15 is 0 Å². The van der Waals surface area contributed by atoms with Gasteiger partial charge in [0.15, 0.2) is 0 Å². The molecule has 2 rings (SSSR count). The summed E-state index contributed by atoms with van der Waals surface area (Å²) < 4.78 is 52.4. The Morgan fingerprint density at radius 2 is 2.11 bits per heavy atom. The largest absolute Gasteiger partial charge is 0.395 e. The fourth-order valence-electron chi connectivity index (χ4n) is 2.20. The third-order valence-corrected chi connectivity index (χ3v) is 5.98. The van der Waals surface area contributed by atoms with Crippen LogP contribution >= 0.6 is 15.9 Å². The van der Waals surface area contributed by atoms with E-state index in [1.54, 1.807) is 0 Å². The Morgan fingerprint density at radius 1 is 1.42 bits per heavy atom. The lowest BCUT2D eigenvalue weighted by molar-refractivity contribution is 0.213. The molecule has 0 saturated carbocycles. The number of nitrogens with zero attached hydrogens (tertiary/aromatic N) is 1. The molecule has 19 heavy (non-hydrogen) atoms. The maximum Gasteiger partial charge on any atom is 0.247 e. The van der Waals surface area contributed by atoms with Crippen LogP contribution in [-0.2, 0) is 10.0 Å². The Morgan fingerprint density at radius 3 is 2.68 bits per heavy atom. The van der Waals surface area contributed by atoms with Gasteiger partial charge in [-0.15, -0.1) is 0 Å². The molecule has 1 fully saturated rings. The average molecular weight is 356 g/mol. The first kappa shape index (κ1) is 14.8. The minimum Gasteiger partial charge on any atom is -0.395 e. The number of benzene rings is 1. The Bertz CT molecular complexity index is 571. The van der Waals surface area contributed by atoms with E-state index in [0.29, 0.717) is 18.9 Å². The van der Waals surface area contributed by atoms with Crippen LogP contribution in [0.3, 0.4) is 0 Å². The van der Waals surface area contributed by atoms with Crippen molar-refractivity contribution in [2.45, 2.75) is 23.8 Å². The molecular formula is C11H12BrF2NO3S. The molecule has 0 amide bonds. The summed E-state index contributed by atoms with van der Waals surface area (Å²) in [5.41, 5.74) is 0. The van der Waals surface area contributed by atoms with Crippen molar-refractivity contribution in [2.24, 2.45) is 0 Å². The van der Waals surface area contributed by atoms with Gasteiger partial charge < -0.3 is 5.11 Å². The van der Waals surface area contributed by atoms with Crippen LogP contribution in [0.2, 0.25) is 0 Å². The molecule has 0 bridgehead atoms.